The number of H-pyrrole nitrogens is 1. The molecule has 1 heterocycles. The van der Waals surface area contributed by atoms with Crippen molar-refractivity contribution in [3.05, 3.63) is 113 Å². The summed E-state index contributed by atoms with van der Waals surface area (Å²) in [5.41, 5.74) is 5.61. The molecule has 6 nitrogen and oxygen atoms in total. The number of hydrogen-bond donors (Lipinski definition) is 3. The van der Waals surface area contributed by atoms with Crippen molar-refractivity contribution in [2.45, 2.75) is 49.6 Å². The molecule has 7 heteroatoms. The standard InChI is InChI=1S/C32H33IN6/c1-22(29(27-6-4-5-25(17-27)20-34)18-23-7-9-24(19-33)10-8-23)37-31(32(2,3)21-35)26-11-13-28(14-12-26)38-30-15-16-36-39-30/h4-17,22,29,31,37H,18-19H2,1-3H3,(H2,36,38,39)/t22-,29+,31?/m0/s1. The van der Waals surface area contributed by atoms with E-state index in [-0.39, 0.29) is 18.0 Å². The van der Waals surface area contributed by atoms with Crippen LogP contribution in [0.3, 0.4) is 0 Å². The van der Waals surface area contributed by atoms with E-state index in [1.165, 1.54) is 11.1 Å². The summed E-state index contributed by atoms with van der Waals surface area (Å²) in [6, 6.07) is 31.3. The van der Waals surface area contributed by atoms with Gasteiger partial charge in [0.2, 0.25) is 0 Å². The number of aromatic nitrogens is 2. The minimum Gasteiger partial charge on any atom is -0.339 e. The number of rotatable bonds is 11. The molecule has 198 valence electrons. The molecular formula is C32H33IN6. The van der Waals surface area contributed by atoms with E-state index in [4.69, 9.17) is 0 Å². The molecule has 0 saturated carbocycles. The molecule has 0 aliphatic heterocycles. The molecule has 0 saturated heterocycles. The largest absolute Gasteiger partial charge is 0.339 e. The second-order valence-corrected chi connectivity index (χ2v) is 11.2. The summed E-state index contributed by atoms with van der Waals surface area (Å²) >= 11 is 2.38. The maximum atomic E-state index is 10.1. The fourth-order valence-electron chi connectivity index (χ4n) is 4.84. The molecule has 0 aliphatic rings. The van der Waals surface area contributed by atoms with E-state index in [1.54, 1.807) is 6.20 Å². The predicted molar refractivity (Wildman–Crippen MR) is 165 cm³/mol. The summed E-state index contributed by atoms with van der Waals surface area (Å²) in [7, 11) is 0. The molecule has 0 spiro atoms. The van der Waals surface area contributed by atoms with Gasteiger partial charge in [-0.25, -0.2) is 0 Å². The predicted octanol–water partition coefficient (Wildman–Crippen LogP) is 7.56. The molecule has 3 N–H and O–H groups in total. The maximum absolute atomic E-state index is 10.1. The Morgan fingerprint density at radius 1 is 0.949 bits per heavy atom. The number of halogens is 1. The van der Waals surface area contributed by atoms with E-state index >= 15 is 0 Å². The summed E-state index contributed by atoms with van der Waals surface area (Å²) in [6.07, 6.45) is 2.59. The van der Waals surface area contributed by atoms with Crippen molar-refractivity contribution >= 4 is 34.1 Å². The highest BCUT2D eigenvalue weighted by atomic mass is 127. The van der Waals surface area contributed by atoms with Crippen molar-refractivity contribution < 1.29 is 0 Å². The molecular weight excluding hydrogens is 595 g/mol. The number of nitrogens with one attached hydrogen (secondary N) is 3. The third kappa shape index (κ3) is 7.26. The monoisotopic (exact) mass is 628 g/mol. The average molecular weight is 629 g/mol. The Bertz CT molecular complexity index is 1430. The van der Waals surface area contributed by atoms with Gasteiger partial charge >= 0.3 is 0 Å². The van der Waals surface area contributed by atoms with Gasteiger partial charge in [0.25, 0.3) is 0 Å². The van der Waals surface area contributed by atoms with Gasteiger partial charge in [0, 0.05) is 34.3 Å². The first-order chi connectivity index (χ1) is 18.8. The summed E-state index contributed by atoms with van der Waals surface area (Å²) in [6.45, 7) is 6.12. The Hall–Kier alpha value is -3.66. The van der Waals surface area contributed by atoms with Crippen LogP contribution < -0.4 is 10.6 Å². The molecule has 1 aromatic heterocycles. The fourth-order valence-corrected chi connectivity index (χ4v) is 5.35. The Labute approximate surface area is 244 Å². The smallest absolute Gasteiger partial charge is 0.152 e. The van der Waals surface area contributed by atoms with Crippen molar-refractivity contribution in [3.63, 3.8) is 0 Å². The second-order valence-electron chi connectivity index (χ2n) is 10.4. The van der Waals surface area contributed by atoms with Crippen molar-refractivity contribution in [3.8, 4) is 12.1 Å². The molecule has 0 radical (unpaired) electrons. The highest BCUT2D eigenvalue weighted by Crippen LogP contribution is 2.36. The lowest BCUT2D eigenvalue weighted by atomic mass is 9.79. The van der Waals surface area contributed by atoms with Crippen LogP contribution in [0.25, 0.3) is 0 Å². The maximum Gasteiger partial charge on any atom is 0.152 e. The van der Waals surface area contributed by atoms with Gasteiger partial charge in [-0.15, -0.1) is 0 Å². The van der Waals surface area contributed by atoms with Crippen molar-refractivity contribution in [2.75, 3.05) is 5.32 Å². The summed E-state index contributed by atoms with van der Waals surface area (Å²) in [5.74, 6) is 0.846. The molecule has 4 aromatic rings. The van der Waals surface area contributed by atoms with E-state index in [2.05, 4.69) is 105 Å². The van der Waals surface area contributed by atoms with Crippen LogP contribution in [0.15, 0.2) is 85.1 Å². The van der Waals surface area contributed by atoms with Crippen LogP contribution in [0, 0.1) is 28.1 Å². The lowest BCUT2D eigenvalue weighted by molar-refractivity contribution is 0.281. The first-order valence-corrected chi connectivity index (χ1v) is 14.5. The Morgan fingerprint density at radius 3 is 2.28 bits per heavy atom. The SMILES string of the molecule is C[C@H](NC(c1ccc(Nc2cc[nH]n2)cc1)C(C)(C)C#N)[C@@H](Cc1ccc(CI)cc1)c1cccc(C#N)c1. The van der Waals surface area contributed by atoms with Gasteiger partial charge in [-0.05, 0) is 73.7 Å². The van der Waals surface area contributed by atoms with E-state index < -0.39 is 5.41 Å². The van der Waals surface area contributed by atoms with Gasteiger partial charge in [-0.3, -0.25) is 5.10 Å². The van der Waals surface area contributed by atoms with Gasteiger partial charge in [0.1, 0.15) is 0 Å². The number of hydrogen-bond acceptors (Lipinski definition) is 5. The summed E-state index contributed by atoms with van der Waals surface area (Å²) in [4.78, 5) is 0. The zero-order valence-electron chi connectivity index (χ0n) is 22.4. The van der Waals surface area contributed by atoms with Gasteiger partial charge in [0.05, 0.1) is 29.2 Å². The number of anilines is 2. The van der Waals surface area contributed by atoms with Crippen molar-refractivity contribution in [1.82, 2.24) is 15.5 Å². The zero-order chi connectivity index (χ0) is 27.8. The summed E-state index contributed by atoms with van der Waals surface area (Å²) in [5, 5.41) is 33.7. The Morgan fingerprint density at radius 2 is 1.67 bits per heavy atom. The quantitative estimate of drug-likeness (QED) is 0.118. The van der Waals surface area contributed by atoms with Crippen molar-refractivity contribution in [1.29, 1.82) is 10.5 Å². The minimum absolute atomic E-state index is 0.0164. The number of alkyl halides is 1. The van der Waals surface area contributed by atoms with Gasteiger partial charge < -0.3 is 10.6 Å². The molecule has 3 atom stereocenters. The first-order valence-electron chi connectivity index (χ1n) is 13.0. The number of aromatic amines is 1. The first kappa shape index (κ1) is 28.4. The Balaban J connectivity index is 1.63. The summed E-state index contributed by atoms with van der Waals surface area (Å²) < 4.78 is 0.977. The van der Waals surface area contributed by atoms with Crippen LogP contribution in [0.2, 0.25) is 0 Å². The molecule has 0 aliphatic carbocycles. The third-order valence-electron chi connectivity index (χ3n) is 7.14. The molecule has 0 bridgehead atoms. The Kier molecular flexibility index (Phi) is 9.40. The highest BCUT2D eigenvalue weighted by molar-refractivity contribution is 14.1. The van der Waals surface area contributed by atoms with E-state index in [9.17, 15) is 10.5 Å². The molecule has 0 amide bonds. The minimum atomic E-state index is -0.660. The average Bonchev–Trinajstić information content (AvgIpc) is 3.48. The van der Waals surface area contributed by atoms with E-state index in [1.807, 2.05) is 50.2 Å². The molecule has 0 fully saturated rings. The van der Waals surface area contributed by atoms with Crippen LogP contribution in [-0.4, -0.2) is 16.2 Å². The lowest BCUT2D eigenvalue weighted by Gasteiger charge is -2.36. The lowest BCUT2D eigenvalue weighted by Crippen LogP contribution is -2.42. The molecule has 39 heavy (non-hydrogen) atoms. The van der Waals surface area contributed by atoms with Crippen LogP contribution in [0.5, 0.6) is 0 Å². The van der Waals surface area contributed by atoms with Crippen LogP contribution >= 0.6 is 22.6 Å². The topological polar surface area (TPSA) is 100 Å². The van der Waals surface area contributed by atoms with Crippen molar-refractivity contribution in [2.24, 2.45) is 5.41 Å². The molecule has 4 rings (SSSR count). The second kappa shape index (κ2) is 12.9. The molecule has 3 aromatic carbocycles. The van der Waals surface area contributed by atoms with E-state index in [0.717, 1.165) is 33.5 Å². The number of nitriles is 2. The van der Waals surface area contributed by atoms with Gasteiger partial charge in [-0.2, -0.15) is 15.6 Å². The zero-order valence-corrected chi connectivity index (χ0v) is 24.6. The normalized spacial score (nSPS) is 13.6. The highest BCUT2D eigenvalue weighted by Gasteiger charge is 2.34. The molecule has 1 unspecified atom stereocenters. The van der Waals surface area contributed by atoms with Crippen LogP contribution in [-0.2, 0) is 10.8 Å². The van der Waals surface area contributed by atoms with Crippen LogP contribution in [0.1, 0.15) is 60.5 Å². The number of benzene rings is 3. The van der Waals surface area contributed by atoms with Gasteiger partial charge in [0.15, 0.2) is 5.82 Å². The number of nitrogens with zero attached hydrogens (tertiary/aromatic N) is 3. The van der Waals surface area contributed by atoms with Gasteiger partial charge in [-0.1, -0.05) is 71.1 Å². The van der Waals surface area contributed by atoms with Crippen LogP contribution in [0.4, 0.5) is 11.5 Å². The third-order valence-corrected chi connectivity index (χ3v) is 8.02. The van der Waals surface area contributed by atoms with E-state index in [0.29, 0.717) is 5.56 Å². The fraction of sp³-hybridized carbons (Fsp3) is 0.281.